The SMILES string of the molecule is COC(=O)Cc1cccc2c1OC(c1cc(Br)c3occc3c1F)CN2C. The molecule has 1 unspecified atom stereocenters. The number of nitrogens with zero attached hydrogens (tertiary/aromatic N) is 1. The fourth-order valence-corrected chi connectivity index (χ4v) is 3.94. The second-order valence-corrected chi connectivity index (χ2v) is 7.28. The number of para-hydroxylation sites is 1. The van der Waals surface area contributed by atoms with E-state index in [1.165, 1.54) is 13.4 Å². The zero-order valence-corrected chi connectivity index (χ0v) is 16.4. The maximum atomic E-state index is 15.1. The Morgan fingerprint density at radius 2 is 2.22 bits per heavy atom. The fourth-order valence-electron chi connectivity index (χ4n) is 3.39. The Morgan fingerprint density at radius 3 is 3.00 bits per heavy atom. The molecular weight excluding hydrogens is 417 g/mol. The Kier molecular flexibility index (Phi) is 4.55. The number of carbonyl (C=O) groups is 1. The van der Waals surface area contributed by atoms with Crippen molar-refractivity contribution in [3.63, 3.8) is 0 Å². The molecule has 5 nitrogen and oxygen atoms in total. The zero-order valence-electron chi connectivity index (χ0n) is 14.8. The quantitative estimate of drug-likeness (QED) is 0.564. The van der Waals surface area contributed by atoms with E-state index in [9.17, 15) is 4.79 Å². The van der Waals surface area contributed by atoms with Crippen molar-refractivity contribution >= 4 is 38.6 Å². The van der Waals surface area contributed by atoms with Crippen LogP contribution < -0.4 is 9.64 Å². The first-order valence-electron chi connectivity index (χ1n) is 8.41. The normalized spacial score (nSPS) is 16.1. The van der Waals surface area contributed by atoms with Crippen molar-refractivity contribution in [3.05, 3.63) is 58.0 Å². The summed E-state index contributed by atoms with van der Waals surface area (Å²) in [7, 11) is 3.26. The molecule has 1 atom stereocenters. The molecule has 0 radical (unpaired) electrons. The molecule has 2 heterocycles. The van der Waals surface area contributed by atoms with Crippen LogP contribution in [0, 0.1) is 5.82 Å². The number of hydrogen-bond acceptors (Lipinski definition) is 5. The number of likely N-dealkylation sites (N-methyl/N-ethyl adjacent to an activating group) is 1. The first-order valence-corrected chi connectivity index (χ1v) is 9.20. The van der Waals surface area contributed by atoms with Crippen LogP contribution in [0.3, 0.4) is 0 Å². The number of ether oxygens (including phenoxy) is 2. The summed E-state index contributed by atoms with van der Waals surface area (Å²) in [5.41, 5.74) is 2.46. The fraction of sp³-hybridized carbons (Fsp3) is 0.250. The number of esters is 1. The Bertz CT molecular complexity index is 1030. The van der Waals surface area contributed by atoms with Crippen molar-refractivity contribution in [2.24, 2.45) is 0 Å². The monoisotopic (exact) mass is 433 g/mol. The van der Waals surface area contributed by atoms with Crippen molar-refractivity contribution in [1.29, 1.82) is 0 Å². The van der Waals surface area contributed by atoms with Crippen molar-refractivity contribution in [1.82, 2.24) is 0 Å². The minimum Gasteiger partial charge on any atom is -0.481 e. The molecule has 3 aromatic rings. The molecule has 0 aliphatic carbocycles. The van der Waals surface area contributed by atoms with Crippen molar-refractivity contribution < 1.29 is 23.1 Å². The maximum Gasteiger partial charge on any atom is 0.310 e. The highest BCUT2D eigenvalue weighted by Crippen LogP contribution is 2.42. The number of carbonyl (C=O) groups excluding carboxylic acids is 1. The average Bonchev–Trinajstić information content (AvgIpc) is 3.16. The third-order valence-corrected chi connectivity index (χ3v) is 5.34. The smallest absolute Gasteiger partial charge is 0.310 e. The van der Waals surface area contributed by atoms with E-state index in [0.29, 0.717) is 38.9 Å². The van der Waals surface area contributed by atoms with E-state index in [1.54, 1.807) is 12.1 Å². The van der Waals surface area contributed by atoms with Crippen LogP contribution in [0.2, 0.25) is 0 Å². The lowest BCUT2D eigenvalue weighted by molar-refractivity contribution is -0.139. The van der Waals surface area contributed by atoms with E-state index < -0.39 is 6.10 Å². The van der Waals surface area contributed by atoms with E-state index in [2.05, 4.69) is 15.9 Å². The van der Waals surface area contributed by atoms with Gasteiger partial charge in [0.05, 0.1) is 41.9 Å². The second kappa shape index (κ2) is 6.88. The number of furan rings is 1. The van der Waals surface area contributed by atoms with Crippen molar-refractivity contribution in [3.8, 4) is 5.75 Å². The van der Waals surface area contributed by atoms with Gasteiger partial charge < -0.3 is 18.8 Å². The van der Waals surface area contributed by atoms with Gasteiger partial charge in [0.15, 0.2) is 5.58 Å². The van der Waals surface area contributed by atoms with Crippen LogP contribution in [0.4, 0.5) is 10.1 Å². The number of rotatable bonds is 3. The van der Waals surface area contributed by atoms with Crippen LogP contribution in [0.25, 0.3) is 11.0 Å². The molecule has 0 N–H and O–H groups in total. The van der Waals surface area contributed by atoms with Gasteiger partial charge in [-0.1, -0.05) is 12.1 Å². The highest BCUT2D eigenvalue weighted by molar-refractivity contribution is 9.10. The largest absolute Gasteiger partial charge is 0.481 e. The molecular formula is C20H17BrFNO4. The molecule has 140 valence electrons. The summed E-state index contributed by atoms with van der Waals surface area (Å²) in [6.07, 6.45) is 1.02. The summed E-state index contributed by atoms with van der Waals surface area (Å²) in [4.78, 5) is 13.7. The molecule has 1 aliphatic rings. The Labute approximate surface area is 163 Å². The second-order valence-electron chi connectivity index (χ2n) is 6.43. The van der Waals surface area contributed by atoms with E-state index >= 15 is 4.39 Å². The van der Waals surface area contributed by atoms with Crippen LogP contribution in [-0.2, 0) is 16.0 Å². The van der Waals surface area contributed by atoms with E-state index in [1.807, 2.05) is 30.1 Å². The number of fused-ring (bicyclic) bond motifs is 2. The molecule has 0 bridgehead atoms. The molecule has 0 amide bonds. The summed E-state index contributed by atoms with van der Waals surface area (Å²) >= 11 is 3.44. The van der Waals surface area contributed by atoms with Gasteiger partial charge in [-0.15, -0.1) is 0 Å². The number of benzene rings is 2. The summed E-state index contributed by atoms with van der Waals surface area (Å²) < 4.78 is 32.0. The number of anilines is 1. The third kappa shape index (κ3) is 3.06. The van der Waals surface area contributed by atoms with Crippen molar-refractivity contribution in [2.75, 3.05) is 25.6 Å². The summed E-state index contributed by atoms with van der Waals surface area (Å²) in [5.74, 6) is -0.149. The van der Waals surface area contributed by atoms with Gasteiger partial charge in [0.1, 0.15) is 17.7 Å². The molecule has 0 spiro atoms. The Balaban J connectivity index is 1.77. The summed E-state index contributed by atoms with van der Waals surface area (Å²) in [6, 6.07) is 8.89. The van der Waals surface area contributed by atoms with E-state index in [0.717, 1.165) is 5.69 Å². The van der Waals surface area contributed by atoms with Crippen LogP contribution >= 0.6 is 15.9 Å². The number of halogens is 2. The van der Waals surface area contributed by atoms with Gasteiger partial charge in [-0.25, -0.2) is 4.39 Å². The number of methoxy groups -OCH3 is 1. The maximum absolute atomic E-state index is 15.1. The summed E-state index contributed by atoms with van der Waals surface area (Å²) in [5, 5.41) is 0.402. The van der Waals surface area contributed by atoms with Crippen LogP contribution in [0.5, 0.6) is 5.75 Å². The third-order valence-electron chi connectivity index (χ3n) is 4.75. The topological polar surface area (TPSA) is 51.9 Å². The van der Waals surface area contributed by atoms with E-state index in [4.69, 9.17) is 13.9 Å². The lowest BCUT2D eigenvalue weighted by Crippen LogP contribution is -2.33. The first-order chi connectivity index (χ1) is 13.0. The first kappa shape index (κ1) is 17.9. The van der Waals surface area contributed by atoms with Crippen LogP contribution in [0.1, 0.15) is 17.2 Å². The Morgan fingerprint density at radius 1 is 1.41 bits per heavy atom. The van der Waals surface area contributed by atoms with Gasteiger partial charge in [-0.2, -0.15) is 0 Å². The van der Waals surface area contributed by atoms with Gasteiger partial charge in [0, 0.05) is 18.2 Å². The average molecular weight is 434 g/mol. The van der Waals surface area contributed by atoms with Crippen LogP contribution in [-0.4, -0.2) is 26.7 Å². The predicted molar refractivity (Wildman–Crippen MR) is 103 cm³/mol. The summed E-state index contributed by atoms with van der Waals surface area (Å²) in [6.45, 7) is 0.474. The predicted octanol–water partition coefficient (Wildman–Crippen LogP) is 4.62. The molecule has 1 aromatic heterocycles. The minimum atomic E-state index is -0.531. The van der Waals surface area contributed by atoms with E-state index in [-0.39, 0.29) is 18.2 Å². The lowest BCUT2D eigenvalue weighted by atomic mass is 10.0. The van der Waals surface area contributed by atoms with Gasteiger partial charge in [0.2, 0.25) is 0 Å². The van der Waals surface area contributed by atoms with Crippen LogP contribution in [0.15, 0.2) is 45.5 Å². The standard InChI is InChI=1S/C20H17BrFNO4/c1-23-10-16(13-9-14(21)20-12(18(13)22)6-7-26-20)27-19-11(8-17(24)25-2)4-3-5-15(19)23/h3-7,9,16H,8,10H2,1-2H3. The lowest BCUT2D eigenvalue weighted by Gasteiger charge is -2.35. The highest BCUT2D eigenvalue weighted by atomic mass is 79.9. The zero-order chi connectivity index (χ0) is 19.1. The minimum absolute atomic E-state index is 0.0905. The molecule has 0 fully saturated rings. The van der Waals surface area contributed by atoms with Crippen molar-refractivity contribution in [2.45, 2.75) is 12.5 Å². The van der Waals surface area contributed by atoms with Gasteiger partial charge in [-0.05, 0) is 34.1 Å². The molecule has 7 heteroatoms. The molecule has 2 aromatic carbocycles. The molecule has 0 saturated carbocycles. The molecule has 0 saturated heterocycles. The Hall–Kier alpha value is -2.54. The number of hydrogen-bond donors (Lipinski definition) is 0. The molecule has 1 aliphatic heterocycles. The molecule has 4 rings (SSSR count). The van der Waals surface area contributed by atoms with Gasteiger partial charge in [-0.3, -0.25) is 4.79 Å². The molecule has 27 heavy (non-hydrogen) atoms. The van der Waals surface area contributed by atoms with Gasteiger partial charge in [0.25, 0.3) is 0 Å². The highest BCUT2D eigenvalue weighted by Gasteiger charge is 2.30. The van der Waals surface area contributed by atoms with Gasteiger partial charge >= 0.3 is 5.97 Å².